The lowest BCUT2D eigenvalue weighted by Gasteiger charge is -2.64. The number of hydrogen-bond acceptors (Lipinski definition) is 7. The number of allylic oxidation sites excluding steroid dienone is 4. The normalized spacial score (nSPS) is 41.7. The van der Waals surface area contributed by atoms with Crippen LogP contribution in [0.4, 0.5) is 4.39 Å². The van der Waals surface area contributed by atoms with Crippen molar-refractivity contribution in [2.75, 3.05) is 6.61 Å². The van der Waals surface area contributed by atoms with Crippen LogP contribution in [0.1, 0.15) is 79.6 Å². The molecule has 0 amide bonds. The Morgan fingerprint density at radius 2 is 1.87 bits per heavy atom. The molecule has 0 heterocycles. The summed E-state index contributed by atoms with van der Waals surface area (Å²) in [6.07, 6.45) is 3.53. The molecule has 1 N–H and O–H groups in total. The van der Waals surface area contributed by atoms with Crippen LogP contribution in [0, 0.1) is 28.6 Å². The monoisotopic (exact) mass is 552 g/mol. The smallest absolute Gasteiger partial charge is 0.306 e. The molecule has 38 heavy (non-hydrogen) atoms. The molecule has 0 aliphatic heterocycles. The van der Waals surface area contributed by atoms with Gasteiger partial charge in [-0.2, -0.15) is 0 Å². The third-order valence-electron chi connectivity index (χ3n) is 10.1. The number of ether oxygens (including phenoxy) is 2. The number of rotatable bonds is 7. The van der Waals surface area contributed by atoms with Crippen molar-refractivity contribution < 1.29 is 38.1 Å². The van der Waals surface area contributed by atoms with Crippen LogP contribution in [0.25, 0.3) is 0 Å². The Bertz CT molecular complexity index is 1120. The average molecular weight is 553 g/mol. The van der Waals surface area contributed by atoms with Crippen LogP contribution in [0.3, 0.4) is 0 Å². The molecule has 0 spiro atoms. The first-order valence-corrected chi connectivity index (χ1v) is 14.0. The molecule has 9 heteroatoms. The van der Waals surface area contributed by atoms with Crippen LogP contribution in [0.15, 0.2) is 23.6 Å². The molecule has 3 fully saturated rings. The fourth-order valence-corrected chi connectivity index (χ4v) is 8.78. The van der Waals surface area contributed by atoms with E-state index in [4.69, 9.17) is 21.1 Å². The summed E-state index contributed by atoms with van der Waals surface area (Å²) in [6, 6.07) is 0. The van der Waals surface area contributed by atoms with E-state index in [9.17, 15) is 24.3 Å². The van der Waals surface area contributed by atoms with Crippen LogP contribution in [0.2, 0.25) is 0 Å². The number of fused-ring (bicyclic) bond motifs is 5. The van der Waals surface area contributed by atoms with Crippen LogP contribution in [-0.2, 0) is 28.7 Å². The summed E-state index contributed by atoms with van der Waals surface area (Å²) in [5.74, 6) is -4.15. The van der Waals surface area contributed by atoms with Crippen molar-refractivity contribution in [3.05, 3.63) is 23.6 Å². The molecule has 0 aromatic carbocycles. The lowest BCUT2D eigenvalue weighted by molar-refractivity contribution is -0.203. The Balaban J connectivity index is 1.81. The number of Topliss-reactive ketones (excluding diaryl/α,β-unsaturated/α-hetero) is 1. The van der Waals surface area contributed by atoms with Crippen molar-refractivity contribution in [3.63, 3.8) is 0 Å². The van der Waals surface area contributed by atoms with Gasteiger partial charge in [0.25, 0.3) is 0 Å². The number of aliphatic hydroxyl groups excluding tert-OH is 1. The summed E-state index contributed by atoms with van der Waals surface area (Å²) in [5, 5.41) is 11.8. The molecule has 0 bridgehead atoms. The Morgan fingerprint density at radius 1 is 1.18 bits per heavy atom. The zero-order chi connectivity index (χ0) is 28.3. The zero-order valence-electron chi connectivity index (χ0n) is 22.8. The number of ketones is 2. The van der Waals surface area contributed by atoms with Crippen molar-refractivity contribution in [3.8, 4) is 0 Å². The average Bonchev–Trinajstić information content (AvgIpc) is 3.08. The van der Waals surface area contributed by atoms with Crippen LogP contribution in [0.5, 0.6) is 0 Å². The maximum Gasteiger partial charge on any atom is 0.306 e. The third kappa shape index (κ3) is 3.76. The van der Waals surface area contributed by atoms with Gasteiger partial charge in [-0.15, -0.1) is 11.6 Å². The van der Waals surface area contributed by atoms with Crippen molar-refractivity contribution in [2.45, 2.75) is 96.1 Å². The highest BCUT2D eigenvalue weighted by Gasteiger charge is 2.76. The Labute approximate surface area is 228 Å². The van der Waals surface area contributed by atoms with Gasteiger partial charge in [-0.25, -0.2) is 4.39 Å². The third-order valence-corrected chi connectivity index (χ3v) is 11.0. The molecule has 8 atom stereocenters. The number of carbonyl (C=O) groups excluding carboxylic acids is 4. The van der Waals surface area contributed by atoms with E-state index in [1.54, 1.807) is 19.9 Å². The molecule has 0 saturated heterocycles. The van der Waals surface area contributed by atoms with Crippen molar-refractivity contribution in [1.82, 2.24) is 0 Å². The van der Waals surface area contributed by atoms with Gasteiger partial charge in [0.15, 0.2) is 18.0 Å². The molecule has 2 unspecified atom stereocenters. The van der Waals surface area contributed by atoms with E-state index in [1.165, 1.54) is 6.08 Å². The fourth-order valence-electron chi connectivity index (χ4n) is 8.27. The van der Waals surface area contributed by atoms with Gasteiger partial charge in [0, 0.05) is 29.6 Å². The van der Waals surface area contributed by atoms with E-state index in [0.717, 1.165) is 0 Å². The molecule has 210 valence electrons. The first-order valence-electron chi connectivity index (χ1n) is 13.6. The van der Waals surface area contributed by atoms with Gasteiger partial charge in [-0.1, -0.05) is 40.7 Å². The number of carbonyl (C=O) groups is 4. The standard InChI is InChI=1S/C29H38ClFO7/c1-6-8-24(36)38-29(22(34)15-37-23(35)7-2)16(3)13-19-17-9-10-18-25(31)20(32)11-12-26(18,4)28(17,30)21(33)14-27(19,29)5/h11-12,16-17,19,21,33H,6-10,13-15H2,1-5H3/t16?,17-,19-,21?,26-,27-,28-,29-/m0/s1. The highest BCUT2D eigenvalue weighted by atomic mass is 35.5. The summed E-state index contributed by atoms with van der Waals surface area (Å²) in [5.41, 5.74) is -3.45. The highest BCUT2D eigenvalue weighted by molar-refractivity contribution is 6.26. The summed E-state index contributed by atoms with van der Waals surface area (Å²) < 4.78 is 26.4. The molecule has 4 aliphatic rings. The van der Waals surface area contributed by atoms with Gasteiger partial charge in [-0.05, 0) is 55.6 Å². The number of esters is 2. The number of alkyl halides is 1. The quantitative estimate of drug-likeness (QED) is 0.358. The zero-order valence-corrected chi connectivity index (χ0v) is 23.5. The molecule has 7 nitrogen and oxygen atoms in total. The molecule has 4 aliphatic carbocycles. The summed E-state index contributed by atoms with van der Waals surface area (Å²) in [4.78, 5) is 49.6. The second-order valence-electron chi connectivity index (χ2n) is 11.9. The van der Waals surface area contributed by atoms with Gasteiger partial charge < -0.3 is 14.6 Å². The summed E-state index contributed by atoms with van der Waals surface area (Å²) >= 11 is 7.41. The lowest BCUT2D eigenvalue weighted by Crippen LogP contribution is -2.69. The van der Waals surface area contributed by atoms with E-state index >= 15 is 4.39 Å². The SMILES string of the molecule is CCCC(=O)O[C@]1(C(=O)COC(=O)CC)C(C)C[C@H]2[C@@H]3CCC4=C(F)C(=O)C=C[C@]4(C)[C@@]3(Cl)C(O)C[C@@]21C. The fraction of sp³-hybridized carbons (Fsp3) is 0.724. The van der Waals surface area contributed by atoms with E-state index in [0.29, 0.717) is 24.8 Å². The Kier molecular flexibility index (Phi) is 7.50. The molecule has 4 rings (SSSR count). The first-order chi connectivity index (χ1) is 17.7. The second kappa shape index (κ2) is 9.84. The van der Waals surface area contributed by atoms with Gasteiger partial charge in [-0.3, -0.25) is 19.2 Å². The van der Waals surface area contributed by atoms with Crippen LogP contribution < -0.4 is 0 Å². The Hall–Kier alpha value is -2.06. The second-order valence-corrected chi connectivity index (χ2v) is 12.5. The van der Waals surface area contributed by atoms with Gasteiger partial charge in [0.1, 0.15) is 0 Å². The molecule has 0 aromatic heterocycles. The molecular formula is C29H38ClFO7. The van der Waals surface area contributed by atoms with Crippen LogP contribution >= 0.6 is 11.6 Å². The Morgan fingerprint density at radius 3 is 2.50 bits per heavy atom. The van der Waals surface area contributed by atoms with E-state index in [-0.39, 0.29) is 37.5 Å². The molecule has 3 saturated carbocycles. The first kappa shape index (κ1) is 28.9. The van der Waals surface area contributed by atoms with Crippen molar-refractivity contribution in [2.24, 2.45) is 28.6 Å². The maximum atomic E-state index is 15.0. The lowest BCUT2D eigenvalue weighted by atomic mass is 9.45. The predicted molar refractivity (Wildman–Crippen MR) is 138 cm³/mol. The predicted octanol–water partition coefficient (Wildman–Crippen LogP) is 4.77. The van der Waals surface area contributed by atoms with Gasteiger partial charge in [0.2, 0.25) is 11.6 Å². The number of aliphatic hydroxyl groups is 1. The minimum atomic E-state index is -1.63. The van der Waals surface area contributed by atoms with E-state index in [1.807, 2.05) is 20.8 Å². The topological polar surface area (TPSA) is 107 Å². The minimum Gasteiger partial charge on any atom is -0.457 e. The van der Waals surface area contributed by atoms with Gasteiger partial charge in [0.05, 0.1) is 11.0 Å². The largest absolute Gasteiger partial charge is 0.457 e. The summed E-state index contributed by atoms with van der Waals surface area (Å²) in [6.45, 7) is 8.39. The maximum absolute atomic E-state index is 15.0. The number of halogens is 2. The molecular weight excluding hydrogens is 515 g/mol. The summed E-state index contributed by atoms with van der Waals surface area (Å²) in [7, 11) is 0. The van der Waals surface area contributed by atoms with Gasteiger partial charge >= 0.3 is 11.9 Å². The van der Waals surface area contributed by atoms with E-state index < -0.39 is 69.3 Å². The number of hydrogen-bond donors (Lipinski definition) is 1. The van der Waals surface area contributed by atoms with E-state index in [2.05, 4.69) is 0 Å². The van der Waals surface area contributed by atoms with Crippen molar-refractivity contribution in [1.29, 1.82) is 0 Å². The van der Waals surface area contributed by atoms with Crippen LogP contribution in [-0.4, -0.2) is 51.8 Å². The molecule has 0 radical (unpaired) electrons. The molecule has 0 aromatic rings. The minimum absolute atomic E-state index is 0.0150. The van der Waals surface area contributed by atoms with Crippen molar-refractivity contribution >= 4 is 35.1 Å². The highest BCUT2D eigenvalue weighted by Crippen LogP contribution is 2.72.